The van der Waals surface area contributed by atoms with E-state index in [0.29, 0.717) is 12.3 Å². The molecule has 0 saturated heterocycles. The highest BCUT2D eigenvalue weighted by molar-refractivity contribution is 5.37. The molecule has 0 amide bonds. The van der Waals surface area contributed by atoms with E-state index in [4.69, 9.17) is 0 Å². The van der Waals surface area contributed by atoms with E-state index >= 15 is 0 Å². The number of nitrogens with one attached hydrogen (secondary N) is 1. The van der Waals surface area contributed by atoms with Crippen LogP contribution in [0.15, 0.2) is 6.33 Å². The molecule has 1 heterocycles. The molecule has 5 nitrogen and oxygen atoms in total. The van der Waals surface area contributed by atoms with Gasteiger partial charge in [-0.25, -0.2) is 4.98 Å². The summed E-state index contributed by atoms with van der Waals surface area (Å²) in [4.78, 5) is 13.6. The summed E-state index contributed by atoms with van der Waals surface area (Å²) in [6.07, 6.45) is 1.06. The predicted molar refractivity (Wildman–Crippen MR) is 31.9 cm³/mol. The monoisotopic (exact) mass is 141 g/mol. The Labute approximate surface area is 57.4 Å². The van der Waals surface area contributed by atoms with Crippen LogP contribution in [0.4, 0.5) is 0 Å². The molecular formula is C5H7N3O2. The first-order valence-electron chi connectivity index (χ1n) is 2.79. The quantitative estimate of drug-likeness (QED) is 0.603. The number of hydrogen-bond acceptors (Lipinski definition) is 4. The maximum atomic E-state index is 9.82. The second-order valence-corrected chi connectivity index (χ2v) is 1.73. The number of aromatic amines is 1. The van der Waals surface area contributed by atoms with Crippen LogP contribution in [0.3, 0.4) is 0 Å². The molecule has 10 heavy (non-hydrogen) atoms. The minimum Gasteiger partial charge on any atom is -0.457 e. The first-order valence-corrected chi connectivity index (χ1v) is 2.79. The van der Waals surface area contributed by atoms with Gasteiger partial charge in [0, 0.05) is 0 Å². The lowest BCUT2D eigenvalue weighted by atomic mass is 10.4. The van der Waals surface area contributed by atoms with E-state index in [-0.39, 0.29) is 6.10 Å². The zero-order valence-electron chi connectivity index (χ0n) is 5.44. The molecule has 0 saturated carbocycles. The Hall–Kier alpha value is -1.39. The summed E-state index contributed by atoms with van der Waals surface area (Å²) in [7, 11) is 0. The number of carbonyl (C=O) groups excluding carboxylic acids is 1. The van der Waals surface area contributed by atoms with Gasteiger partial charge >= 0.3 is 0 Å². The van der Waals surface area contributed by atoms with Crippen molar-refractivity contribution in [2.75, 3.05) is 0 Å². The van der Waals surface area contributed by atoms with Crippen LogP contribution in [0.25, 0.3) is 0 Å². The molecule has 5 heteroatoms. The van der Waals surface area contributed by atoms with E-state index in [0.717, 1.165) is 0 Å². The lowest BCUT2D eigenvalue weighted by Gasteiger charge is -2.01. The van der Waals surface area contributed by atoms with Crippen molar-refractivity contribution in [3.63, 3.8) is 0 Å². The Morgan fingerprint density at radius 1 is 1.90 bits per heavy atom. The van der Waals surface area contributed by atoms with Crippen molar-refractivity contribution in [1.29, 1.82) is 0 Å². The highest BCUT2D eigenvalue weighted by Crippen LogP contribution is 2.07. The van der Waals surface area contributed by atoms with Crippen molar-refractivity contribution in [1.82, 2.24) is 15.2 Å². The Kier molecular flexibility index (Phi) is 1.99. The molecule has 1 N–H and O–H groups in total. The summed E-state index contributed by atoms with van der Waals surface area (Å²) in [6.45, 7) is 2.07. The topological polar surface area (TPSA) is 67.9 Å². The minimum absolute atomic E-state index is 0.372. The maximum Gasteiger partial charge on any atom is 0.293 e. The zero-order chi connectivity index (χ0) is 7.40. The van der Waals surface area contributed by atoms with Crippen LogP contribution in [0.2, 0.25) is 0 Å². The first kappa shape index (κ1) is 6.73. The van der Waals surface area contributed by atoms with Crippen LogP contribution in [0, 0.1) is 0 Å². The van der Waals surface area contributed by atoms with Crippen LogP contribution in [-0.2, 0) is 9.53 Å². The molecule has 0 bridgehead atoms. The summed E-state index contributed by atoms with van der Waals surface area (Å²) in [6, 6.07) is 0. The fourth-order valence-electron chi connectivity index (χ4n) is 0.559. The maximum absolute atomic E-state index is 9.82. The largest absolute Gasteiger partial charge is 0.457 e. The molecule has 54 valence electrons. The number of ether oxygens (including phenoxy) is 1. The fraction of sp³-hybridized carbons (Fsp3) is 0.400. The molecule has 0 spiro atoms. The Morgan fingerprint density at radius 2 is 2.70 bits per heavy atom. The number of aromatic nitrogens is 3. The number of nitrogens with zero attached hydrogens (tertiary/aromatic N) is 2. The summed E-state index contributed by atoms with van der Waals surface area (Å²) < 4.78 is 4.56. The van der Waals surface area contributed by atoms with Gasteiger partial charge in [-0.2, -0.15) is 5.10 Å². The standard InChI is InChI=1S/C5H7N3O2/c1-4(10-3-9)5-6-2-7-8-5/h2-4H,1H3,(H,6,7,8). The molecule has 0 aliphatic carbocycles. The van der Waals surface area contributed by atoms with E-state index in [1.807, 2.05) is 0 Å². The van der Waals surface area contributed by atoms with Crippen molar-refractivity contribution in [3.8, 4) is 0 Å². The molecule has 1 atom stereocenters. The summed E-state index contributed by atoms with van der Waals surface area (Å²) >= 11 is 0. The van der Waals surface area contributed by atoms with Crippen LogP contribution < -0.4 is 0 Å². The lowest BCUT2D eigenvalue weighted by Crippen LogP contribution is -1.99. The van der Waals surface area contributed by atoms with Gasteiger partial charge in [-0.1, -0.05) is 0 Å². The summed E-state index contributed by atoms with van der Waals surface area (Å²) in [5.41, 5.74) is 0. The Balaban J connectivity index is 2.58. The molecule has 1 unspecified atom stereocenters. The number of rotatable bonds is 3. The lowest BCUT2D eigenvalue weighted by molar-refractivity contribution is -0.133. The van der Waals surface area contributed by atoms with Crippen LogP contribution in [-0.4, -0.2) is 21.7 Å². The third-order valence-corrected chi connectivity index (χ3v) is 1.06. The zero-order valence-corrected chi connectivity index (χ0v) is 5.44. The van der Waals surface area contributed by atoms with E-state index in [2.05, 4.69) is 19.9 Å². The summed E-state index contributed by atoms with van der Waals surface area (Å²) in [5, 5.41) is 6.23. The highest BCUT2D eigenvalue weighted by atomic mass is 16.5. The van der Waals surface area contributed by atoms with Crippen molar-refractivity contribution >= 4 is 6.47 Å². The number of hydrogen-bond donors (Lipinski definition) is 1. The SMILES string of the molecule is CC(OC=O)c1nc[nH]n1. The van der Waals surface area contributed by atoms with Crippen molar-refractivity contribution in [3.05, 3.63) is 12.2 Å². The van der Waals surface area contributed by atoms with Crippen LogP contribution in [0.1, 0.15) is 18.9 Å². The van der Waals surface area contributed by atoms with Crippen LogP contribution in [0.5, 0.6) is 0 Å². The van der Waals surface area contributed by atoms with Gasteiger partial charge in [-0.05, 0) is 6.92 Å². The van der Waals surface area contributed by atoms with E-state index in [1.54, 1.807) is 6.92 Å². The van der Waals surface area contributed by atoms with E-state index in [1.165, 1.54) is 6.33 Å². The van der Waals surface area contributed by atoms with Gasteiger partial charge in [0.2, 0.25) is 0 Å². The van der Waals surface area contributed by atoms with Gasteiger partial charge < -0.3 is 4.74 Å². The molecule has 0 radical (unpaired) electrons. The van der Waals surface area contributed by atoms with Gasteiger partial charge in [-0.15, -0.1) is 0 Å². The molecular weight excluding hydrogens is 134 g/mol. The average molecular weight is 141 g/mol. The second kappa shape index (κ2) is 2.95. The van der Waals surface area contributed by atoms with Gasteiger partial charge in [0.15, 0.2) is 11.9 Å². The smallest absolute Gasteiger partial charge is 0.293 e. The van der Waals surface area contributed by atoms with Crippen molar-refractivity contribution < 1.29 is 9.53 Å². The van der Waals surface area contributed by atoms with Crippen LogP contribution >= 0.6 is 0 Å². The molecule has 0 fully saturated rings. The van der Waals surface area contributed by atoms with Crippen molar-refractivity contribution in [2.45, 2.75) is 13.0 Å². The van der Waals surface area contributed by atoms with E-state index in [9.17, 15) is 4.79 Å². The molecule has 0 aliphatic heterocycles. The highest BCUT2D eigenvalue weighted by Gasteiger charge is 2.07. The van der Waals surface area contributed by atoms with Gasteiger partial charge in [0.25, 0.3) is 6.47 Å². The van der Waals surface area contributed by atoms with Crippen molar-refractivity contribution in [2.24, 2.45) is 0 Å². The third kappa shape index (κ3) is 1.31. The molecule has 1 rings (SSSR count). The first-order chi connectivity index (χ1) is 4.84. The normalized spacial score (nSPS) is 12.5. The predicted octanol–water partition coefficient (Wildman–Crippen LogP) is 0.0387. The van der Waals surface area contributed by atoms with E-state index < -0.39 is 0 Å². The fourth-order valence-corrected chi connectivity index (χ4v) is 0.559. The molecule has 1 aromatic rings. The molecule has 0 aliphatic rings. The summed E-state index contributed by atoms with van der Waals surface area (Å²) in [5.74, 6) is 0.479. The Morgan fingerprint density at radius 3 is 3.20 bits per heavy atom. The number of carbonyl (C=O) groups is 1. The average Bonchev–Trinajstić information content (AvgIpc) is 2.38. The Bertz CT molecular complexity index is 197. The minimum atomic E-state index is -0.372. The van der Waals surface area contributed by atoms with Gasteiger partial charge in [-0.3, -0.25) is 9.89 Å². The molecule has 0 aromatic carbocycles. The second-order valence-electron chi connectivity index (χ2n) is 1.73. The van der Waals surface area contributed by atoms with Gasteiger partial charge in [0.05, 0.1) is 0 Å². The van der Waals surface area contributed by atoms with Gasteiger partial charge in [0.1, 0.15) is 6.33 Å². The number of H-pyrrole nitrogens is 1. The third-order valence-electron chi connectivity index (χ3n) is 1.06. The molecule has 1 aromatic heterocycles.